The highest BCUT2D eigenvalue weighted by molar-refractivity contribution is 9.10. The molecule has 7 heteroatoms. The Morgan fingerprint density at radius 2 is 2.06 bits per heavy atom. The monoisotopic (exact) mass is 364 g/mol. The number of aromatic nitrogens is 2. The van der Waals surface area contributed by atoms with Gasteiger partial charge < -0.3 is 0 Å². The van der Waals surface area contributed by atoms with Crippen LogP contribution in [-0.2, 0) is 6.54 Å². The summed E-state index contributed by atoms with van der Waals surface area (Å²) < 4.78 is 2.76. The summed E-state index contributed by atoms with van der Waals surface area (Å²) in [5, 5.41) is 1.94. The maximum atomic E-state index is 11.5. The lowest BCUT2D eigenvalue weighted by atomic mass is 10.4. The van der Waals surface area contributed by atoms with Crippen molar-refractivity contribution >= 4 is 43.2 Å². The first-order chi connectivity index (χ1) is 7.58. The summed E-state index contributed by atoms with van der Waals surface area (Å²) in [4.78, 5) is 25.9. The number of nitrogens with one attached hydrogen (secondary N) is 1. The van der Waals surface area contributed by atoms with Crippen LogP contribution in [0.5, 0.6) is 0 Å². The molecule has 2 rings (SSSR count). The van der Waals surface area contributed by atoms with E-state index >= 15 is 0 Å². The lowest BCUT2D eigenvalue weighted by Gasteiger charge is -2.03. The van der Waals surface area contributed by atoms with Gasteiger partial charge in [0, 0.05) is 15.5 Å². The lowest BCUT2D eigenvalue weighted by molar-refractivity contribution is 0.722. The van der Waals surface area contributed by atoms with E-state index in [2.05, 4.69) is 36.8 Å². The molecule has 0 saturated carbocycles. The molecule has 0 aliphatic rings. The van der Waals surface area contributed by atoms with E-state index in [9.17, 15) is 9.59 Å². The maximum Gasteiger partial charge on any atom is 0.328 e. The van der Waals surface area contributed by atoms with Gasteiger partial charge in [0.1, 0.15) is 0 Å². The van der Waals surface area contributed by atoms with Crippen LogP contribution in [0.2, 0.25) is 0 Å². The zero-order valence-corrected chi connectivity index (χ0v) is 11.9. The Morgan fingerprint density at radius 1 is 1.31 bits per heavy atom. The van der Waals surface area contributed by atoms with Crippen molar-refractivity contribution in [2.24, 2.45) is 0 Å². The summed E-state index contributed by atoms with van der Waals surface area (Å²) >= 11 is 8.03. The maximum absolute atomic E-state index is 11.5. The van der Waals surface area contributed by atoms with Crippen molar-refractivity contribution in [3.8, 4) is 0 Å². The van der Waals surface area contributed by atoms with E-state index in [1.54, 1.807) is 11.3 Å². The Bertz CT molecular complexity index is 629. The van der Waals surface area contributed by atoms with Crippen molar-refractivity contribution in [2.75, 3.05) is 0 Å². The van der Waals surface area contributed by atoms with Crippen molar-refractivity contribution in [1.82, 2.24) is 9.55 Å². The van der Waals surface area contributed by atoms with E-state index in [0.717, 1.165) is 9.35 Å². The van der Waals surface area contributed by atoms with Crippen LogP contribution in [0.1, 0.15) is 4.88 Å². The fourth-order valence-corrected chi connectivity index (χ4v) is 3.01. The Balaban J connectivity index is 2.43. The third-order valence-electron chi connectivity index (χ3n) is 1.97. The highest BCUT2D eigenvalue weighted by atomic mass is 79.9. The Hall–Kier alpha value is -0.660. The smallest absolute Gasteiger partial charge is 0.294 e. The van der Waals surface area contributed by atoms with Gasteiger partial charge in [-0.25, -0.2) is 4.79 Å². The normalized spacial score (nSPS) is 10.6. The zero-order valence-electron chi connectivity index (χ0n) is 7.87. The van der Waals surface area contributed by atoms with Gasteiger partial charge in [0.2, 0.25) is 0 Å². The van der Waals surface area contributed by atoms with Crippen LogP contribution in [0.4, 0.5) is 0 Å². The number of hydrogen-bond donors (Lipinski definition) is 1. The molecule has 0 spiro atoms. The Labute approximate surface area is 111 Å². The molecule has 0 bridgehead atoms. The molecule has 0 unspecified atom stereocenters. The van der Waals surface area contributed by atoms with Gasteiger partial charge in [-0.05, 0) is 43.3 Å². The Morgan fingerprint density at radius 3 is 2.69 bits per heavy atom. The molecule has 4 nitrogen and oxygen atoms in total. The standard InChI is InChI=1S/C9H6Br2N2O2S/c10-5-1-2-16-7(5)4-13-3-6(11)8(14)12-9(13)15/h1-3H,4H2,(H,12,14,15). The van der Waals surface area contributed by atoms with Crippen LogP contribution < -0.4 is 11.2 Å². The first-order valence-electron chi connectivity index (χ1n) is 4.29. The van der Waals surface area contributed by atoms with Crippen molar-refractivity contribution in [1.29, 1.82) is 0 Å². The third-order valence-corrected chi connectivity index (χ3v) is 4.45. The molecular formula is C9H6Br2N2O2S. The second-order valence-electron chi connectivity index (χ2n) is 3.06. The number of aromatic amines is 1. The first-order valence-corrected chi connectivity index (χ1v) is 6.75. The molecule has 84 valence electrons. The minimum atomic E-state index is -0.411. The molecule has 1 N–H and O–H groups in total. The summed E-state index contributed by atoms with van der Waals surface area (Å²) in [5.41, 5.74) is -0.819. The molecule has 2 aromatic heterocycles. The summed E-state index contributed by atoms with van der Waals surface area (Å²) in [6, 6.07) is 1.92. The number of nitrogens with zero attached hydrogens (tertiary/aromatic N) is 1. The molecule has 0 aliphatic carbocycles. The second-order valence-corrected chi connectivity index (χ2v) is 5.77. The van der Waals surface area contributed by atoms with Gasteiger partial charge in [-0.1, -0.05) is 0 Å². The molecule has 0 atom stereocenters. The number of hydrogen-bond acceptors (Lipinski definition) is 3. The van der Waals surface area contributed by atoms with Crippen LogP contribution in [0, 0.1) is 0 Å². The molecule has 0 radical (unpaired) electrons. The van der Waals surface area contributed by atoms with Gasteiger partial charge in [-0.3, -0.25) is 14.3 Å². The highest BCUT2D eigenvalue weighted by Gasteiger charge is 2.06. The SMILES string of the molecule is O=c1[nH]c(=O)n(Cc2sccc2Br)cc1Br. The van der Waals surface area contributed by atoms with Crippen LogP contribution >= 0.6 is 43.2 Å². The fourth-order valence-electron chi connectivity index (χ4n) is 1.19. The van der Waals surface area contributed by atoms with Crippen LogP contribution in [0.25, 0.3) is 0 Å². The molecule has 2 heterocycles. The van der Waals surface area contributed by atoms with Gasteiger partial charge >= 0.3 is 5.69 Å². The fraction of sp³-hybridized carbons (Fsp3) is 0.111. The second kappa shape index (κ2) is 4.68. The predicted octanol–water partition coefficient (Wildman–Crippen LogP) is 2.17. The van der Waals surface area contributed by atoms with Crippen molar-refractivity contribution in [3.05, 3.63) is 52.3 Å². The predicted molar refractivity (Wildman–Crippen MR) is 70.1 cm³/mol. The molecule has 0 amide bonds. The van der Waals surface area contributed by atoms with Crippen LogP contribution in [0.15, 0.2) is 36.2 Å². The summed E-state index contributed by atoms with van der Waals surface area (Å²) in [6.07, 6.45) is 1.49. The largest absolute Gasteiger partial charge is 0.328 e. The molecular weight excluding hydrogens is 360 g/mol. The van der Waals surface area contributed by atoms with Crippen molar-refractivity contribution in [3.63, 3.8) is 0 Å². The Kier molecular flexibility index (Phi) is 3.46. The lowest BCUT2D eigenvalue weighted by Crippen LogP contribution is -2.29. The number of halogens is 2. The van der Waals surface area contributed by atoms with Gasteiger partial charge in [-0.2, -0.15) is 0 Å². The average molecular weight is 366 g/mol. The van der Waals surface area contributed by atoms with E-state index < -0.39 is 11.2 Å². The first kappa shape index (κ1) is 11.8. The number of rotatable bonds is 2. The van der Waals surface area contributed by atoms with Crippen molar-refractivity contribution in [2.45, 2.75) is 6.54 Å². The molecule has 0 fully saturated rings. The molecule has 0 aromatic carbocycles. The highest BCUT2D eigenvalue weighted by Crippen LogP contribution is 2.23. The summed E-state index contributed by atoms with van der Waals surface area (Å²) in [7, 11) is 0. The zero-order chi connectivity index (χ0) is 11.7. The van der Waals surface area contributed by atoms with E-state index in [1.807, 2.05) is 11.4 Å². The molecule has 16 heavy (non-hydrogen) atoms. The molecule has 0 saturated heterocycles. The van der Waals surface area contributed by atoms with E-state index in [4.69, 9.17) is 0 Å². The summed E-state index contributed by atoms with van der Waals surface area (Å²) in [6.45, 7) is 0.437. The molecule has 0 aliphatic heterocycles. The van der Waals surface area contributed by atoms with E-state index in [1.165, 1.54) is 10.8 Å². The topological polar surface area (TPSA) is 54.9 Å². The number of thiophene rings is 1. The van der Waals surface area contributed by atoms with Crippen LogP contribution in [0.3, 0.4) is 0 Å². The number of H-pyrrole nitrogens is 1. The van der Waals surface area contributed by atoms with Crippen molar-refractivity contribution < 1.29 is 0 Å². The summed E-state index contributed by atoms with van der Waals surface area (Å²) in [5.74, 6) is 0. The van der Waals surface area contributed by atoms with Gasteiger partial charge in [-0.15, -0.1) is 11.3 Å². The van der Waals surface area contributed by atoms with E-state index in [-0.39, 0.29) is 0 Å². The molecule has 2 aromatic rings. The van der Waals surface area contributed by atoms with Crippen LogP contribution in [-0.4, -0.2) is 9.55 Å². The van der Waals surface area contributed by atoms with Gasteiger partial charge in [0.15, 0.2) is 0 Å². The minimum absolute atomic E-state index is 0.347. The quantitative estimate of drug-likeness (QED) is 0.886. The third kappa shape index (κ3) is 2.36. The van der Waals surface area contributed by atoms with E-state index in [0.29, 0.717) is 11.0 Å². The van der Waals surface area contributed by atoms with Gasteiger partial charge in [0.25, 0.3) is 5.56 Å². The van der Waals surface area contributed by atoms with Gasteiger partial charge in [0.05, 0.1) is 11.0 Å². The average Bonchev–Trinajstić information content (AvgIpc) is 2.61. The minimum Gasteiger partial charge on any atom is -0.294 e.